The van der Waals surface area contributed by atoms with Gasteiger partial charge in [0, 0.05) is 44.1 Å². The Bertz CT molecular complexity index is 596. The fraction of sp³-hybridized carbons (Fsp3) is 0.421. The third kappa shape index (κ3) is 3.00. The summed E-state index contributed by atoms with van der Waals surface area (Å²) in [6.45, 7) is 11.0. The molecule has 0 radical (unpaired) electrons. The summed E-state index contributed by atoms with van der Waals surface area (Å²) in [5.41, 5.74) is 5.35. The SMILES string of the molecule is Cc1cccc(C)c1N1CCN(C(C)c2ccccn2)CC1. The predicted molar refractivity (Wildman–Crippen MR) is 92.4 cm³/mol. The number of aryl methyl sites for hydroxylation is 2. The van der Waals surface area contributed by atoms with Gasteiger partial charge in [0.2, 0.25) is 0 Å². The Hall–Kier alpha value is -1.87. The van der Waals surface area contributed by atoms with Crippen LogP contribution in [0, 0.1) is 13.8 Å². The van der Waals surface area contributed by atoms with Gasteiger partial charge in [0.1, 0.15) is 0 Å². The van der Waals surface area contributed by atoms with Crippen molar-refractivity contribution in [2.75, 3.05) is 31.1 Å². The number of aromatic nitrogens is 1. The minimum absolute atomic E-state index is 0.390. The number of hydrogen-bond donors (Lipinski definition) is 0. The van der Waals surface area contributed by atoms with E-state index in [-0.39, 0.29) is 0 Å². The summed E-state index contributed by atoms with van der Waals surface area (Å²) in [4.78, 5) is 9.57. The lowest BCUT2D eigenvalue weighted by atomic mass is 10.1. The van der Waals surface area contributed by atoms with E-state index < -0.39 is 0 Å². The molecule has 0 bridgehead atoms. The first-order valence-electron chi connectivity index (χ1n) is 8.13. The van der Waals surface area contributed by atoms with Gasteiger partial charge in [-0.25, -0.2) is 0 Å². The summed E-state index contributed by atoms with van der Waals surface area (Å²) >= 11 is 0. The van der Waals surface area contributed by atoms with Crippen LogP contribution < -0.4 is 4.90 Å². The zero-order chi connectivity index (χ0) is 15.5. The van der Waals surface area contributed by atoms with Crippen LogP contribution in [0.1, 0.15) is 29.8 Å². The Balaban J connectivity index is 1.68. The van der Waals surface area contributed by atoms with Crippen LogP contribution in [0.5, 0.6) is 0 Å². The molecule has 3 heteroatoms. The van der Waals surface area contributed by atoms with E-state index in [0.29, 0.717) is 6.04 Å². The summed E-state index contributed by atoms with van der Waals surface area (Å²) in [7, 11) is 0. The van der Waals surface area contributed by atoms with Crippen LogP contribution in [0.2, 0.25) is 0 Å². The van der Waals surface area contributed by atoms with E-state index >= 15 is 0 Å². The second-order valence-electron chi connectivity index (χ2n) is 6.19. The topological polar surface area (TPSA) is 19.4 Å². The van der Waals surface area contributed by atoms with Gasteiger partial charge in [0.15, 0.2) is 0 Å². The average Bonchev–Trinajstić information content (AvgIpc) is 2.55. The number of benzene rings is 1. The quantitative estimate of drug-likeness (QED) is 0.863. The van der Waals surface area contributed by atoms with Gasteiger partial charge in [-0.05, 0) is 44.0 Å². The molecule has 1 saturated heterocycles. The second kappa shape index (κ2) is 6.49. The fourth-order valence-electron chi connectivity index (χ4n) is 3.45. The van der Waals surface area contributed by atoms with Gasteiger partial charge in [-0.3, -0.25) is 9.88 Å². The maximum absolute atomic E-state index is 4.50. The Morgan fingerprint density at radius 1 is 0.909 bits per heavy atom. The fourth-order valence-corrected chi connectivity index (χ4v) is 3.45. The Morgan fingerprint density at radius 2 is 1.59 bits per heavy atom. The maximum Gasteiger partial charge on any atom is 0.0572 e. The van der Waals surface area contributed by atoms with Gasteiger partial charge in [-0.15, -0.1) is 0 Å². The molecule has 3 rings (SSSR count). The first kappa shape index (κ1) is 15.0. The lowest BCUT2D eigenvalue weighted by Gasteiger charge is -2.40. The van der Waals surface area contributed by atoms with Crippen molar-refractivity contribution < 1.29 is 0 Å². The number of para-hydroxylation sites is 1. The molecule has 2 aromatic rings. The molecule has 3 nitrogen and oxygen atoms in total. The molecule has 0 amide bonds. The highest BCUT2D eigenvalue weighted by atomic mass is 15.3. The third-order valence-corrected chi connectivity index (χ3v) is 4.73. The van der Waals surface area contributed by atoms with E-state index in [2.05, 4.69) is 65.9 Å². The van der Waals surface area contributed by atoms with Gasteiger partial charge in [0.05, 0.1) is 5.69 Å². The van der Waals surface area contributed by atoms with Crippen LogP contribution in [0.25, 0.3) is 0 Å². The van der Waals surface area contributed by atoms with E-state index in [9.17, 15) is 0 Å². The van der Waals surface area contributed by atoms with Crippen LogP contribution in [0.4, 0.5) is 5.69 Å². The van der Waals surface area contributed by atoms with E-state index in [1.807, 2.05) is 12.3 Å². The van der Waals surface area contributed by atoms with Crippen molar-refractivity contribution >= 4 is 5.69 Å². The van der Waals surface area contributed by atoms with Gasteiger partial charge in [-0.2, -0.15) is 0 Å². The molecule has 1 aromatic heterocycles. The van der Waals surface area contributed by atoms with Crippen LogP contribution in [0.3, 0.4) is 0 Å². The molecule has 1 atom stereocenters. The van der Waals surface area contributed by atoms with Gasteiger partial charge >= 0.3 is 0 Å². The smallest absolute Gasteiger partial charge is 0.0572 e. The molecule has 116 valence electrons. The molecule has 2 heterocycles. The van der Waals surface area contributed by atoms with Crippen molar-refractivity contribution in [3.05, 3.63) is 59.4 Å². The van der Waals surface area contributed by atoms with Crippen LogP contribution in [-0.4, -0.2) is 36.1 Å². The van der Waals surface area contributed by atoms with Crippen molar-refractivity contribution in [1.29, 1.82) is 0 Å². The molecule has 1 aliphatic rings. The van der Waals surface area contributed by atoms with E-state index in [1.165, 1.54) is 22.5 Å². The molecule has 1 fully saturated rings. The zero-order valence-corrected chi connectivity index (χ0v) is 13.8. The summed E-state index contributed by atoms with van der Waals surface area (Å²) < 4.78 is 0. The van der Waals surface area contributed by atoms with Crippen molar-refractivity contribution in [2.45, 2.75) is 26.8 Å². The third-order valence-electron chi connectivity index (χ3n) is 4.73. The summed E-state index contributed by atoms with van der Waals surface area (Å²) in [6, 6.07) is 13.1. The Labute approximate surface area is 133 Å². The lowest BCUT2D eigenvalue weighted by molar-refractivity contribution is 0.195. The van der Waals surface area contributed by atoms with Gasteiger partial charge < -0.3 is 4.90 Å². The first-order valence-corrected chi connectivity index (χ1v) is 8.13. The van der Waals surface area contributed by atoms with Crippen molar-refractivity contribution in [3.8, 4) is 0 Å². The first-order chi connectivity index (χ1) is 10.7. The van der Waals surface area contributed by atoms with Gasteiger partial charge in [0.25, 0.3) is 0 Å². The molecular formula is C19H25N3. The standard InChI is InChI=1S/C19H25N3/c1-15-7-6-8-16(2)19(15)22-13-11-21(12-14-22)17(3)18-9-4-5-10-20-18/h4-10,17H,11-14H2,1-3H3. The summed E-state index contributed by atoms with van der Waals surface area (Å²) in [6.07, 6.45) is 1.89. The van der Waals surface area contributed by atoms with Crippen LogP contribution >= 0.6 is 0 Å². The van der Waals surface area contributed by atoms with E-state index in [4.69, 9.17) is 0 Å². The summed E-state index contributed by atoms with van der Waals surface area (Å²) in [5.74, 6) is 0. The molecule has 0 N–H and O–H groups in total. The van der Waals surface area contributed by atoms with Crippen LogP contribution in [-0.2, 0) is 0 Å². The molecule has 0 saturated carbocycles. The monoisotopic (exact) mass is 295 g/mol. The highest BCUT2D eigenvalue weighted by Gasteiger charge is 2.24. The number of anilines is 1. The number of pyridine rings is 1. The Kier molecular flexibility index (Phi) is 4.44. The number of rotatable bonds is 3. The second-order valence-corrected chi connectivity index (χ2v) is 6.19. The molecule has 1 aliphatic heterocycles. The van der Waals surface area contributed by atoms with Crippen molar-refractivity contribution in [2.24, 2.45) is 0 Å². The minimum Gasteiger partial charge on any atom is -0.369 e. The summed E-state index contributed by atoms with van der Waals surface area (Å²) in [5, 5.41) is 0. The molecular weight excluding hydrogens is 270 g/mol. The maximum atomic E-state index is 4.50. The van der Waals surface area contributed by atoms with E-state index in [1.54, 1.807) is 0 Å². The highest BCUT2D eigenvalue weighted by Crippen LogP contribution is 2.27. The minimum atomic E-state index is 0.390. The van der Waals surface area contributed by atoms with Crippen LogP contribution in [0.15, 0.2) is 42.6 Å². The highest BCUT2D eigenvalue weighted by molar-refractivity contribution is 5.59. The lowest BCUT2D eigenvalue weighted by Crippen LogP contribution is -2.47. The number of piperazine rings is 1. The molecule has 1 aromatic carbocycles. The molecule has 22 heavy (non-hydrogen) atoms. The normalized spacial score (nSPS) is 17.5. The molecule has 1 unspecified atom stereocenters. The predicted octanol–water partition coefficient (Wildman–Crippen LogP) is 3.58. The van der Waals surface area contributed by atoms with Crippen molar-refractivity contribution in [1.82, 2.24) is 9.88 Å². The molecule has 0 spiro atoms. The number of hydrogen-bond acceptors (Lipinski definition) is 3. The average molecular weight is 295 g/mol. The van der Waals surface area contributed by atoms with Crippen molar-refractivity contribution in [3.63, 3.8) is 0 Å². The largest absolute Gasteiger partial charge is 0.369 e. The molecule has 0 aliphatic carbocycles. The zero-order valence-electron chi connectivity index (χ0n) is 13.8. The van der Waals surface area contributed by atoms with Gasteiger partial charge in [-0.1, -0.05) is 24.3 Å². The Morgan fingerprint density at radius 3 is 2.18 bits per heavy atom. The number of nitrogens with zero attached hydrogens (tertiary/aromatic N) is 3. The van der Waals surface area contributed by atoms with E-state index in [0.717, 1.165) is 26.2 Å².